The van der Waals surface area contributed by atoms with E-state index in [0.29, 0.717) is 5.82 Å². The molecule has 2 nitrogen and oxygen atoms in total. The molecule has 0 unspecified atom stereocenters. The van der Waals surface area contributed by atoms with Gasteiger partial charge in [-0.15, -0.1) is 0 Å². The topological polar surface area (TPSA) is 25.8 Å². The maximum Gasteiger partial charge on any atom is 0.160 e. The summed E-state index contributed by atoms with van der Waals surface area (Å²) in [6.45, 7) is 4.68. The van der Waals surface area contributed by atoms with Crippen LogP contribution < -0.4 is 0 Å². The first-order valence-corrected chi connectivity index (χ1v) is 19.6. The van der Waals surface area contributed by atoms with E-state index in [1.165, 1.54) is 50.1 Å². The zero-order valence-corrected chi connectivity index (χ0v) is 32.0. The number of benzene rings is 8. The second-order valence-corrected chi connectivity index (χ2v) is 15.4. The van der Waals surface area contributed by atoms with Gasteiger partial charge in [0, 0.05) is 22.1 Å². The Hall–Kier alpha value is -7.16. The molecule has 8 aromatic carbocycles. The molecule has 0 saturated carbocycles. The molecule has 0 N–H and O–H groups in total. The fraction of sp³-hybridized carbons (Fsp3) is 0.0545. The van der Waals surface area contributed by atoms with Crippen molar-refractivity contribution in [2.24, 2.45) is 0 Å². The number of hydrogen-bond donors (Lipinski definition) is 0. The Kier molecular flexibility index (Phi) is 8.53. The van der Waals surface area contributed by atoms with Crippen LogP contribution in [-0.2, 0) is 5.41 Å². The van der Waals surface area contributed by atoms with Crippen molar-refractivity contribution in [1.82, 2.24) is 9.97 Å². The summed E-state index contributed by atoms with van der Waals surface area (Å²) in [5.74, 6) is 0.701. The van der Waals surface area contributed by atoms with E-state index in [-0.39, 0.29) is 5.41 Å². The van der Waals surface area contributed by atoms with Crippen LogP contribution in [-0.4, -0.2) is 9.97 Å². The minimum Gasteiger partial charge on any atom is -0.228 e. The molecule has 0 bridgehead atoms. The predicted molar refractivity (Wildman–Crippen MR) is 238 cm³/mol. The first-order chi connectivity index (χ1) is 28.0. The van der Waals surface area contributed by atoms with Crippen molar-refractivity contribution >= 4 is 0 Å². The van der Waals surface area contributed by atoms with Crippen LogP contribution in [0, 0.1) is 0 Å². The summed E-state index contributed by atoms with van der Waals surface area (Å²) < 4.78 is 0. The standard InChI is InChI=1S/C55H40N2/c1-55(2)50-24-13-12-23-48(50)49-30-29-44(35-51(49)55)43-22-14-21-42(31-43)39-25-27-40(28-26-39)52-36-53(57-54(56-52)41-19-10-5-11-20-41)47-33-45(37-15-6-3-7-16-37)32-46(34-47)38-17-8-4-9-18-38/h3-36H,1-2H3. The molecule has 1 aromatic heterocycles. The first kappa shape index (κ1) is 34.3. The Morgan fingerprint density at radius 1 is 0.281 bits per heavy atom. The highest BCUT2D eigenvalue weighted by molar-refractivity contribution is 5.85. The van der Waals surface area contributed by atoms with E-state index in [4.69, 9.17) is 9.97 Å². The highest BCUT2D eigenvalue weighted by Crippen LogP contribution is 2.49. The minimum absolute atomic E-state index is 0.0362. The molecule has 57 heavy (non-hydrogen) atoms. The minimum atomic E-state index is -0.0362. The summed E-state index contributed by atoms with van der Waals surface area (Å²) in [4.78, 5) is 10.4. The smallest absolute Gasteiger partial charge is 0.160 e. The quantitative estimate of drug-likeness (QED) is 0.163. The van der Waals surface area contributed by atoms with Gasteiger partial charge in [0.1, 0.15) is 0 Å². The van der Waals surface area contributed by atoms with Crippen LogP contribution in [0.3, 0.4) is 0 Å². The number of hydrogen-bond acceptors (Lipinski definition) is 2. The molecule has 0 saturated heterocycles. The normalized spacial score (nSPS) is 12.5. The lowest BCUT2D eigenvalue weighted by Crippen LogP contribution is -2.14. The van der Waals surface area contributed by atoms with Gasteiger partial charge in [-0.1, -0.05) is 184 Å². The zero-order valence-electron chi connectivity index (χ0n) is 32.0. The van der Waals surface area contributed by atoms with Crippen LogP contribution in [0.4, 0.5) is 0 Å². The van der Waals surface area contributed by atoms with E-state index in [9.17, 15) is 0 Å². The van der Waals surface area contributed by atoms with Gasteiger partial charge in [-0.05, 0) is 103 Å². The van der Waals surface area contributed by atoms with Gasteiger partial charge in [0.25, 0.3) is 0 Å². The molecule has 0 atom stereocenters. The molecule has 1 aliphatic rings. The van der Waals surface area contributed by atoms with Crippen LogP contribution in [0.5, 0.6) is 0 Å². The van der Waals surface area contributed by atoms with Gasteiger partial charge in [-0.2, -0.15) is 0 Å². The Bertz CT molecular complexity index is 2840. The second-order valence-electron chi connectivity index (χ2n) is 15.4. The molecule has 0 radical (unpaired) electrons. The van der Waals surface area contributed by atoms with Gasteiger partial charge in [0.05, 0.1) is 11.4 Å². The Balaban J connectivity index is 1.02. The van der Waals surface area contributed by atoms with Crippen molar-refractivity contribution in [1.29, 1.82) is 0 Å². The monoisotopic (exact) mass is 728 g/mol. The van der Waals surface area contributed by atoms with E-state index in [2.05, 4.69) is 202 Å². The summed E-state index contributed by atoms with van der Waals surface area (Å²) in [6.07, 6.45) is 0. The average molecular weight is 729 g/mol. The molecule has 0 aliphatic heterocycles. The van der Waals surface area contributed by atoms with Gasteiger partial charge in [-0.3, -0.25) is 0 Å². The molecule has 1 heterocycles. The Labute approximate surface area is 334 Å². The van der Waals surface area contributed by atoms with Crippen molar-refractivity contribution < 1.29 is 0 Å². The maximum atomic E-state index is 5.20. The summed E-state index contributed by atoms with van der Waals surface area (Å²) >= 11 is 0. The highest BCUT2D eigenvalue weighted by Gasteiger charge is 2.35. The molecule has 9 aromatic rings. The van der Waals surface area contributed by atoms with Crippen LogP contribution >= 0.6 is 0 Å². The average Bonchev–Trinajstić information content (AvgIpc) is 3.52. The zero-order chi connectivity index (χ0) is 38.3. The summed E-state index contributed by atoms with van der Waals surface area (Å²) in [5, 5.41) is 0. The third-order valence-electron chi connectivity index (χ3n) is 11.5. The van der Waals surface area contributed by atoms with Crippen LogP contribution in [0.25, 0.3) is 89.5 Å². The number of rotatable bonds is 7. The Morgan fingerprint density at radius 3 is 1.35 bits per heavy atom. The summed E-state index contributed by atoms with van der Waals surface area (Å²) in [6, 6.07) is 73.8. The van der Waals surface area contributed by atoms with Gasteiger partial charge < -0.3 is 0 Å². The predicted octanol–water partition coefficient (Wildman–Crippen LogP) is 14.5. The van der Waals surface area contributed by atoms with E-state index in [0.717, 1.165) is 44.8 Å². The van der Waals surface area contributed by atoms with Gasteiger partial charge in [0.2, 0.25) is 0 Å². The lowest BCUT2D eigenvalue weighted by atomic mass is 9.81. The third kappa shape index (κ3) is 6.46. The summed E-state index contributed by atoms with van der Waals surface area (Å²) in [7, 11) is 0. The van der Waals surface area contributed by atoms with E-state index in [1.807, 2.05) is 18.2 Å². The van der Waals surface area contributed by atoms with Crippen molar-refractivity contribution in [3.05, 3.63) is 217 Å². The fourth-order valence-electron chi connectivity index (χ4n) is 8.42. The second kappa shape index (κ2) is 14.2. The lowest BCUT2D eigenvalue weighted by molar-refractivity contribution is 0.660. The summed E-state index contributed by atoms with van der Waals surface area (Å²) in [5.41, 5.74) is 19.7. The first-order valence-electron chi connectivity index (χ1n) is 19.6. The van der Waals surface area contributed by atoms with Gasteiger partial charge in [0.15, 0.2) is 5.82 Å². The third-order valence-corrected chi connectivity index (χ3v) is 11.5. The number of nitrogens with zero attached hydrogens (tertiary/aromatic N) is 2. The molecule has 1 aliphatic carbocycles. The van der Waals surface area contributed by atoms with E-state index in [1.54, 1.807) is 0 Å². The Morgan fingerprint density at radius 2 is 0.702 bits per heavy atom. The molecule has 10 rings (SSSR count). The van der Waals surface area contributed by atoms with E-state index >= 15 is 0 Å². The molecule has 0 fully saturated rings. The van der Waals surface area contributed by atoms with Crippen molar-refractivity contribution in [3.63, 3.8) is 0 Å². The largest absolute Gasteiger partial charge is 0.228 e. The number of fused-ring (bicyclic) bond motifs is 3. The molecular formula is C55H40N2. The van der Waals surface area contributed by atoms with Gasteiger partial charge >= 0.3 is 0 Å². The maximum absolute atomic E-state index is 5.20. The van der Waals surface area contributed by atoms with Crippen LogP contribution in [0.2, 0.25) is 0 Å². The number of aromatic nitrogens is 2. The molecule has 0 amide bonds. The van der Waals surface area contributed by atoms with Crippen molar-refractivity contribution in [2.75, 3.05) is 0 Å². The van der Waals surface area contributed by atoms with Crippen LogP contribution in [0.1, 0.15) is 25.0 Å². The molecule has 0 spiro atoms. The van der Waals surface area contributed by atoms with Gasteiger partial charge in [-0.25, -0.2) is 9.97 Å². The molecule has 2 heteroatoms. The fourth-order valence-corrected chi connectivity index (χ4v) is 8.42. The SMILES string of the molecule is CC1(C)c2ccccc2-c2ccc(-c3cccc(-c4ccc(-c5cc(-c6cc(-c7ccccc7)cc(-c7ccccc7)c6)nc(-c6ccccc6)n5)cc4)c3)cc21. The highest BCUT2D eigenvalue weighted by atomic mass is 14.9. The van der Waals surface area contributed by atoms with Crippen molar-refractivity contribution in [3.8, 4) is 89.5 Å². The molecular weight excluding hydrogens is 689 g/mol. The van der Waals surface area contributed by atoms with Crippen LogP contribution in [0.15, 0.2) is 206 Å². The molecule has 270 valence electrons. The van der Waals surface area contributed by atoms with Crippen molar-refractivity contribution in [2.45, 2.75) is 19.3 Å². The van der Waals surface area contributed by atoms with E-state index < -0.39 is 0 Å². The lowest BCUT2D eigenvalue weighted by Gasteiger charge is -2.22.